The molecule has 2 amide bonds. The molecule has 2 aromatic rings. The van der Waals surface area contributed by atoms with Gasteiger partial charge in [-0.1, -0.05) is 36.8 Å². The molecule has 1 spiro atoms. The number of ether oxygens (including phenoxy) is 1. The first kappa shape index (κ1) is 19.5. The van der Waals surface area contributed by atoms with Gasteiger partial charge in [0.05, 0.1) is 36.3 Å². The van der Waals surface area contributed by atoms with E-state index in [-0.39, 0.29) is 24.0 Å². The molecule has 4 aliphatic rings. The Morgan fingerprint density at radius 1 is 1.19 bits per heavy atom. The monoisotopic (exact) mass is 432 g/mol. The predicted molar refractivity (Wildman–Crippen MR) is 114 cm³/mol. The molecule has 7 heteroatoms. The number of carbonyl (C=O) groups is 3. The van der Waals surface area contributed by atoms with Crippen molar-refractivity contribution < 1.29 is 23.5 Å². The average molecular weight is 432 g/mol. The summed E-state index contributed by atoms with van der Waals surface area (Å²) in [4.78, 5) is 41.9. The molecule has 164 valence electrons. The van der Waals surface area contributed by atoms with Crippen LogP contribution in [0.1, 0.15) is 30.7 Å². The quantitative estimate of drug-likeness (QED) is 0.754. The first-order valence-corrected chi connectivity index (χ1v) is 11.0. The maximum atomic E-state index is 13.9. The van der Waals surface area contributed by atoms with Crippen molar-refractivity contribution in [2.75, 3.05) is 5.32 Å². The van der Waals surface area contributed by atoms with Crippen molar-refractivity contribution in [3.63, 3.8) is 0 Å². The third-order valence-corrected chi connectivity index (χ3v) is 7.57. The molecule has 1 N–H and O–H groups in total. The van der Waals surface area contributed by atoms with Crippen LogP contribution in [0.15, 0.2) is 59.2 Å². The second-order valence-corrected chi connectivity index (χ2v) is 9.33. The summed E-state index contributed by atoms with van der Waals surface area (Å²) < 4.78 is 12.0. The fourth-order valence-corrected chi connectivity index (χ4v) is 6.13. The number of anilines is 1. The molecule has 32 heavy (non-hydrogen) atoms. The van der Waals surface area contributed by atoms with Crippen molar-refractivity contribution in [2.45, 2.75) is 44.1 Å². The number of fused-ring (bicyclic) bond motifs is 2. The number of hydrogen-bond donors (Lipinski definition) is 1. The van der Waals surface area contributed by atoms with Gasteiger partial charge in [0, 0.05) is 18.0 Å². The Bertz CT molecular complexity index is 1140. The molecule has 6 rings (SSSR count). The number of ketones is 1. The van der Waals surface area contributed by atoms with E-state index in [2.05, 4.69) is 5.32 Å². The van der Waals surface area contributed by atoms with Crippen molar-refractivity contribution >= 4 is 23.3 Å². The van der Waals surface area contributed by atoms with Crippen LogP contribution in [-0.2, 0) is 19.1 Å². The van der Waals surface area contributed by atoms with Crippen LogP contribution < -0.4 is 5.32 Å². The zero-order valence-corrected chi connectivity index (χ0v) is 17.9. The van der Waals surface area contributed by atoms with Gasteiger partial charge in [-0.3, -0.25) is 14.4 Å². The maximum absolute atomic E-state index is 13.9. The summed E-state index contributed by atoms with van der Waals surface area (Å²) in [7, 11) is 0. The van der Waals surface area contributed by atoms with Gasteiger partial charge in [-0.25, -0.2) is 0 Å². The summed E-state index contributed by atoms with van der Waals surface area (Å²) in [5.41, 5.74) is 0.803. The van der Waals surface area contributed by atoms with Crippen LogP contribution in [0.3, 0.4) is 0 Å². The SMILES string of the molecule is Cc1ccc(NC(=O)[C@@H]2[C@@H]3C=C[C@]4(O3)[C@@H]2C(=O)N2[C@@H](c3ccco3)CC(=O)[C@H](C)[C@H]24)cc1. The van der Waals surface area contributed by atoms with Gasteiger partial charge in [-0.15, -0.1) is 0 Å². The van der Waals surface area contributed by atoms with Gasteiger partial charge in [0.15, 0.2) is 0 Å². The Balaban J connectivity index is 1.38. The van der Waals surface area contributed by atoms with E-state index < -0.39 is 41.5 Å². The Morgan fingerprint density at radius 3 is 2.69 bits per heavy atom. The minimum atomic E-state index is -0.975. The summed E-state index contributed by atoms with van der Waals surface area (Å²) in [6.07, 6.45) is 5.05. The number of nitrogens with zero attached hydrogens (tertiary/aromatic N) is 1. The molecule has 0 saturated carbocycles. The van der Waals surface area contributed by atoms with E-state index in [1.165, 1.54) is 0 Å². The standard InChI is InChI=1S/C25H24N2O5/c1-13-5-7-15(8-6-13)26-23(29)20-19-9-10-25(32-19)21(20)24(30)27-16(18-4-3-11-31-18)12-17(28)14(2)22(25)27/h3-11,14,16,19-22H,12H2,1-2H3,(H,26,29)/t14-,16+,19-,20+,21-,22-,25-/m0/s1. The Kier molecular flexibility index (Phi) is 4.05. The Labute approximate surface area is 185 Å². The van der Waals surface area contributed by atoms with Gasteiger partial charge < -0.3 is 19.4 Å². The molecule has 5 heterocycles. The highest BCUT2D eigenvalue weighted by Crippen LogP contribution is 2.59. The maximum Gasteiger partial charge on any atom is 0.231 e. The molecule has 1 aromatic heterocycles. The van der Waals surface area contributed by atoms with Crippen molar-refractivity contribution in [2.24, 2.45) is 17.8 Å². The van der Waals surface area contributed by atoms with Crippen molar-refractivity contribution in [1.29, 1.82) is 0 Å². The highest BCUT2D eigenvalue weighted by atomic mass is 16.5. The topological polar surface area (TPSA) is 88.8 Å². The first-order valence-electron chi connectivity index (χ1n) is 11.0. The van der Waals surface area contributed by atoms with Crippen LogP contribution >= 0.6 is 0 Å². The average Bonchev–Trinajstić information content (AvgIpc) is 3.54. The highest BCUT2D eigenvalue weighted by molar-refractivity contribution is 6.00. The third-order valence-electron chi connectivity index (χ3n) is 7.57. The van der Waals surface area contributed by atoms with Gasteiger partial charge in [-0.2, -0.15) is 0 Å². The Morgan fingerprint density at radius 2 is 1.97 bits per heavy atom. The van der Waals surface area contributed by atoms with Crippen LogP contribution in [0.4, 0.5) is 5.69 Å². The number of benzene rings is 1. The molecule has 2 bridgehead atoms. The second kappa shape index (κ2) is 6.65. The smallest absolute Gasteiger partial charge is 0.231 e. The van der Waals surface area contributed by atoms with Crippen LogP contribution in [0.5, 0.6) is 0 Å². The minimum absolute atomic E-state index is 0.0727. The number of piperidine rings is 1. The van der Waals surface area contributed by atoms with E-state index >= 15 is 0 Å². The molecule has 0 aliphatic carbocycles. The fourth-order valence-electron chi connectivity index (χ4n) is 6.13. The molecular weight excluding hydrogens is 408 g/mol. The number of Topliss-reactive ketones (excluding diaryl/α,β-unsaturated/α-hetero) is 1. The lowest BCUT2D eigenvalue weighted by Crippen LogP contribution is -2.55. The van der Waals surface area contributed by atoms with E-state index in [0.717, 1.165) is 5.56 Å². The normalized spacial score (nSPS) is 37.0. The van der Waals surface area contributed by atoms with E-state index in [9.17, 15) is 14.4 Å². The summed E-state index contributed by atoms with van der Waals surface area (Å²) >= 11 is 0. The van der Waals surface area contributed by atoms with Gasteiger partial charge in [0.25, 0.3) is 0 Å². The molecule has 0 radical (unpaired) electrons. The number of amides is 2. The van der Waals surface area contributed by atoms with E-state index in [0.29, 0.717) is 11.4 Å². The molecule has 4 aliphatic heterocycles. The molecule has 7 atom stereocenters. The molecule has 1 aromatic carbocycles. The van der Waals surface area contributed by atoms with E-state index in [4.69, 9.17) is 9.15 Å². The van der Waals surface area contributed by atoms with Crippen molar-refractivity contribution in [3.8, 4) is 0 Å². The number of aryl methyl sites for hydroxylation is 1. The van der Waals surface area contributed by atoms with E-state index in [1.54, 1.807) is 23.3 Å². The summed E-state index contributed by atoms with van der Waals surface area (Å²) in [5.74, 6) is -1.44. The summed E-state index contributed by atoms with van der Waals surface area (Å²) in [5, 5.41) is 2.96. The summed E-state index contributed by atoms with van der Waals surface area (Å²) in [6.45, 7) is 3.84. The lowest BCUT2D eigenvalue weighted by atomic mass is 9.70. The fraction of sp³-hybridized carbons (Fsp3) is 0.400. The predicted octanol–water partition coefficient (Wildman–Crippen LogP) is 3.03. The third kappa shape index (κ3) is 2.48. The number of rotatable bonds is 3. The number of nitrogens with one attached hydrogen (secondary N) is 1. The second-order valence-electron chi connectivity index (χ2n) is 9.33. The van der Waals surface area contributed by atoms with Gasteiger partial charge >= 0.3 is 0 Å². The molecule has 0 unspecified atom stereocenters. The zero-order chi connectivity index (χ0) is 22.2. The number of carbonyl (C=O) groups excluding carboxylic acids is 3. The number of hydrogen-bond acceptors (Lipinski definition) is 5. The first-order chi connectivity index (χ1) is 15.4. The Hall–Kier alpha value is -3.19. The van der Waals surface area contributed by atoms with Gasteiger partial charge in [-0.05, 0) is 31.2 Å². The molecular formula is C25H24N2O5. The lowest BCUT2D eigenvalue weighted by molar-refractivity contribution is -0.147. The van der Waals surface area contributed by atoms with Crippen LogP contribution in [0, 0.1) is 24.7 Å². The van der Waals surface area contributed by atoms with Crippen molar-refractivity contribution in [1.82, 2.24) is 4.90 Å². The number of furan rings is 1. The minimum Gasteiger partial charge on any atom is -0.467 e. The van der Waals surface area contributed by atoms with Gasteiger partial charge in [0.1, 0.15) is 17.1 Å². The molecule has 7 nitrogen and oxygen atoms in total. The van der Waals surface area contributed by atoms with Crippen molar-refractivity contribution in [3.05, 3.63) is 66.1 Å². The van der Waals surface area contributed by atoms with E-state index in [1.807, 2.05) is 50.3 Å². The molecule has 3 saturated heterocycles. The highest BCUT2D eigenvalue weighted by Gasteiger charge is 2.74. The van der Waals surface area contributed by atoms with Crippen LogP contribution in [0.25, 0.3) is 0 Å². The largest absolute Gasteiger partial charge is 0.467 e. The molecule has 3 fully saturated rings. The zero-order valence-electron chi connectivity index (χ0n) is 17.9. The van der Waals surface area contributed by atoms with Gasteiger partial charge in [0.2, 0.25) is 11.8 Å². The van der Waals surface area contributed by atoms with Crippen LogP contribution in [0.2, 0.25) is 0 Å². The summed E-state index contributed by atoms with van der Waals surface area (Å²) in [6, 6.07) is 10.2. The lowest BCUT2D eigenvalue weighted by Gasteiger charge is -2.43. The van der Waals surface area contributed by atoms with Crippen LogP contribution in [-0.4, -0.2) is 40.2 Å².